The Bertz CT molecular complexity index is 427. The zero-order valence-electron chi connectivity index (χ0n) is 14.2. The Morgan fingerprint density at radius 1 is 1.29 bits per heavy atom. The zero-order chi connectivity index (χ0) is 15.8. The summed E-state index contributed by atoms with van der Waals surface area (Å²) in [5.74, 6) is 0.653. The second kappa shape index (κ2) is 5.77. The molecule has 1 fully saturated rings. The first kappa shape index (κ1) is 16.6. The molecule has 1 saturated heterocycles. The van der Waals surface area contributed by atoms with Gasteiger partial charge >= 0.3 is 7.12 Å². The van der Waals surface area contributed by atoms with Gasteiger partial charge in [-0.1, -0.05) is 19.9 Å². The predicted molar refractivity (Wildman–Crippen MR) is 84.8 cm³/mol. The van der Waals surface area contributed by atoms with E-state index in [0.717, 1.165) is 13.0 Å². The molecule has 5 heteroatoms. The van der Waals surface area contributed by atoms with Crippen molar-refractivity contribution in [1.29, 1.82) is 0 Å². The molecule has 0 N–H and O–H groups in total. The van der Waals surface area contributed by atoms with E-state index < -0.39 is 0 Å². The summed E-state index contributed by atoms with van der Waals surface area (Å²) in [4.78, 5) is 14.0. The van der Waals surface area contributed by atoms with Gasteiger partial charge in [0.15, 0.2) is 0 Å². The average molecular weight is 293 g/mol. The molecule has 0 atom stereocenters. The topological polar surface area (TPSA) is 38.8 Å². The molecule has 2 rings (SSSR count). The number of hydrogen-bond donors (Lipinski definition) is 0. The van der Waals surface area contributed by atoms with Gasteiger partial charge in [0.25, 0.3) is 0 Å². The molecule has 4 nitrogen and oxygen atoms in total. The van der Waals surface area contributed by atoms with E-state index in [4.69, 9.17) is 9.31 Å². The minimum Gasteiger partial charge on any atom is -0.400 e. The van der Waals surface area contributed by atoms with Crippen molar-refractivity contribution in [3.05, 3.63) is 11.5 Å². The molecule has 21 heavy (non-hydrogen) atoms. The molecule has 1 amide bonds. The van der Waals surface area contributed by atoms with Crippen molar-refractivity contribution in [2.45, 2.75) is 65.6 Å². The number of carbonyl (C=O) groups is 1. The molecule has 2 aliphatic rings. The van der Waals surface area contributed by atoms with E-state index in [1.54, 1.807) is 0 Å². The maximum Gasteiger partial charge on any atom is 0.490 e. The maximum absolute atomic E-state index is 12.1. The van der Waals surface area contributed by atoms with Gasteiger partial charge in [-0.3, -0.25) is 4.79 Å². The minimum atomic E-state index is -0.302. The molecule has 0 spiro atoms. The van der Waals surface area contributed by atoms with Crippen LogP contribution in [0.2, 0.25) is 0 Å². The SMILES string of the molecule is CC(C)CC(=O)N1CC=C(B2OC(C)(C)C(C)(C)O2)CC1. The fourth-order valence-electron chi connectivity index (χ4n) is 2.60. The van der Waals surface area contributed by atoms with Gasteiger partial charge in [0.1, 0.15) is 0 Å². The summed E-state index contributed by atoms with van der Waals surface area (Å²) in [6, 6.07) is 0. The first-order valence-corrected chi connectivity index (χ1v) is 7.95. The van der Waals surface area contributed by atoms with Crippen LogP contribution in [0.1, 0.15) is 54.4 Å². The van der Waals surface area contributed by atoms with Crippen LogP contribution in [0.5, 0.6) is 0 Å². The number of amides is 1. The van der Waals surface area contributed by atoms with E-state index in [0.29, 0.717) is 18.9 Å². The fraction of sp³-hybridized carbons (Fsp3) is 0.812. The van der Waals surface area contributed by atoms with Gasteiger partial charge in [-0.15, -0.1) is 0 Å². The maximum atomic E-state index is 12.1. The van der Waals surface area contributed by atoms with Gasteiger partial charge in [-0.25, -0.2) is 0 Å². The lowest BCUT2D eigenvalue weighted by Crippen LogP contribution is -2.41. The van der Waals surface area contributed by atoms with Crippen LogP contribution in [0.4, 0.5) is 0 Å². The lowest BCUT2D eigenvalue weighted by atomic mass is 9.74. The Labute approximate surface area is 129 Å². The van der Waals surface area contributed by atoms with E-state index in [1.807, 2.05) is 4.90 Å². The molecule has 0 bridgehead atoms. The van der Waals surface area contributed by atoms with Crippen LogP contribution < -0.4 is 0 Å². The normalized spacial score (nSPS) is 24.4. The first-order valence-electron chi connectivity index (χ1n) is 7.95. The van der Waals surface area contributed by atoms with E-state index in [1.165, 1.54) is 5.47 Å². The van der Waals surface area contributed by atoms with Crippen molar-refractivity contribution < 1.29 is 14.1 Å². The third-order valence-electron chi connectivity index (χ3n) is 4.74. The molecule has 0 aliphatic carbocycles. The Morgan fingerprint density at radius 2 is 1.86 bits per heavy atom. The Kier molecular flexibility index (Phi) is 4.55. The van der Waals surface area contributed by atoms with Gasteiger partial charge in [-0.2, -0.15) is 0 Å². The van der Waals surface area contributed by atoms with Crippen molar-refractivity contribution in [2.24, 2.45) is 5.92 Å². The first-order chi connectivity index (χ1) is 9.62. The van der Waals surface area contributed by atoms with Crippen LogP contribution >= 0.6 is 0 Å². The van der Waals surface area contributed by atoms with Crippen molar-refractivity contribution in [3.63, 3.8) is 0 Å². The minimum absolute atomic E-state index is 0.245. The highest BCUT2D eigenvalue weighted by Crippen LogP contribution is 2.39. The highest BCUT2D eigenvalue weighted by atomic mass is 16.7. The lowest BCUT2D eigenvalue weighted by Gasteiger charge is -2.32. The van der Waals surface area contributed by atoms with Crippen molar-refractivity contribution in [3.8, 4) is 0 Å². The van der Waals surface area contributed by atoms with Crippen molar-refractivity contribution >= 4 is 13.0 Å². The molecule has 0 aromatic rings. The standard InChI is InChI=1S/C16H28BNO3/c1-12(2)11-14(19)18-9-7-13(8-10-18)17-20-15(3,4)16(5,6)21-17/h7,12H,8-11H2,1-6H3. The highest BCUT2D eigenvalue weighted by molar-refractivity contribution is 6.54. The van der Waals surface area contributed by atoms with E-state index in [9.17, 15) is 4.79 Å². The van der Waals surface area contributed by atoms with Gasteiger partial charge in [0.2, 0.25) is 5.91 Å². The Hall–Kier alpha value is -0.805. The van der Waals surface area contributed by atoms with Crippen molar-refractivity contribution in [1.82, 2.24) is 4.90 Å². The lowest BCUT2D eigenvalue weighted by molar-refractivity contribution is -0.131. The van der Waals surface area contributed by atoms with E-state index >= 15 is 0 Å². The summed E-state index contributed by atoms with van der Waals surface area (Å²) >= 11 is 0. The van der Waals surface area contributed by atoms with E-state index in [-0.39, 0.29) is 24.2 Å². The van der Waals surface area contributed by atoms with Gasteiger partial charge in [0.05, 0.1) is 11.2 Å². The van der Waals surface area contributed by atoms with Gasteiger partial charge in [-0.05, 0) is 45.5 Å². The van der Waals surface area contributed by atoms with Crippen LogP contribution in [-0.4, -0.2) is 42.2 Å². The summed E-state index contributed by atoms with van der Waals surface area (Å²) in [6.07, 6.45) is 3.56. The second-order valence-corrected chi connectivity index (χ2v) is 7.56. The van der Waals surface area contributed by atoms with Crippen molar-refractivity contribution in [2.75, 3.05) is 13.1 Å². The third kappa shape index (κ3) is 3.51. The largest absolute Gasteiger partial charge is 0.490 e. The summed E-state index contributed by atoms with van der Waals surface area (Å²) in [7, 11) is -0.266. The smallest absolute Gasteiger partial charge is 0.400 e. The van der Waals surface area contributed by atoms with Crippen LogP contribution in [0.15, 0.2) is 11.5 Å². The van der Waals surface area contributed by atoms with Crippen LogP contribution in [0, 0.1) is 5.92 Å². The molecule has 0 aromatic heterocycles. The molecule has 2 heterocycles. The number of rotatable bonds is 3. The fourth-order valence-corrected chi connectivity index (χ4v) is 2.60. The Balaban J connectivity index is 1.97. The molecule has 0 radical (unpaired) electrons. The summed E-state index contributed by atoms with van der Waals surface area (Å²) in [6.45, 7) is 13.8. The van der Waals surface area contributed by atoms with Crippen LogP contribution in [0.25, 0.3) is 0 Å². The quantitative estimate of drug-likeness (QED) is 0.751. The molecule has 0 aromatic carbocycles. The summed E-state index contributed by atoms with van der Waals surface area (Å²) < 4.78 is 12.1. The molecule has 0 saturated carbocycles. The van der Waals surface area contributed by atoms with Gasteiger partial charge < -0.3 is 14.2 Å². The Morgan fingerprint density at radius 3 is 2.29 bits per heavy atom. The summed E-state index contributed by atoms with van der Waals surface area (Å²) in [5.41, 5.74) is 0.564. The second-order valence-electron chi connectivity index (χ2n) is 7.56. The number of carbonyl (C=O) groups excluding carboxylic acids is 1. The number of hydrogen-bond acceptors (Lipinski definition) is 3. The monoisotopic (exact) mass is 293 g/mol. The summed E-state index contributed by atoms with van der Waals surface area (Å²) in [5, 5.41) is 0. The van der Waals surface area contributed by atoms with Crippen LogP contribution in [-0.2, 0) is 14.1 Å². The molecule has 0 unspecified atom stereocenters. The average Bonchev–Trinajstić information content (AvgIpc) is 2.58. The molecule has 118 valence electrons. The highest BCUT2D eigenvalue weighted by Gasteiger charge is 2.52. The molecular weight excluding hydrogens is 265 g/mol. The van der Waals surface area contributed by atoms with E-state index in [2.05, 4.69) is 47.6 Å². The third-order valence-corrected chi connectivity index (χ3v) is 4.74. The number of nitrogens with zero attached hydrogens (tertiary/aromatic N) is 1. The zero-order valence-corrected chi connectivity index (χ0v) is 14.2. The van der Waals surface area contributed by atoms with Gasteiger partial charge in [0, 0.05) is 19.5 Å². The van der Waals surface area contributed by atoms with Crippen LogP contribution in [0.3, 0.4) is 0 Å². The molecule has 2 aliphatic heterocycles. The predicted octanol–water partition coefficient (Wildman–Crippen LogP) is 2.82. The molecular formula is C16H28BNO3.